The molecule has 0 radical (unpaired) electrons. The smallest absolute Gasteiger partial charge is 0.0800 e. The Bertz CT molecular complexity index is 473. The molecule has 0 fully saturated rings. The number of hydrogen-bond donors (Lipinski definition) is 2. The number of anilines is 3. The average molecular weight is 202 g/mol. The first-order valence-corrected chi connectivity index (χ1v) is 4.78. The van der Waals surface area contributed by atoms with Gasteiger partial charge in [0.25, 0.3) is 0 Å². The van der Waals surface area contributed by atoms with E-state index in [1.54, 1.807) is 6.20 Å². The maximum Gasteiger partial charge on any atom is 0.0800 e. The normalized spacial score (nSPS) is 10.3. The number of aromatic nitrogens is 2. The summed E-state index contributed by atoms with van der Waals surface area (Å²) in [7, 11) is 1.92. The van der Waals surface area contributed by atoms with Crippen molar-refractivity contribution >= 4 is 17.1 Å². The first kappa shape index (κ1) is 9.58. The van der Waals surface area contributed by atoms with E-state index in [2.05, 4.69) is 10.4 Å². The van der Waals surface area contributed by atoms with Crippen LogP contribution in [0, 0.1) is 6.92 Å². The number of hydrogen-bond acceptors (Lipinski definition) is 3. The number of nitrogen functional groups attached to an aromatic ring is 1. The Morgan fingerprint density at radius 3 is 2.80 bits per heavy atom. The molecule has 0 atom stereocenters. The number of aryl methyl sites for hydroxylation is 1. The molecule has 0 spiro atoms. The monoisotopic (exact) mass is 202 g/mol. The molecule has 0 aliphatic carbocycles. The summed E-state index contributed by atoms with van der Waals surface area (Å²) in [5.41, 5.74) is 9.52. The molecule has 1 heterocycles. The molecule has 4 nitrogen and oxygen atoms in total. The van der Waals surface area contributed by atoms with E-state index in [-0.39, 0.29) is 0 Å². The van der Waals surface area contributed by atoms with Gasteiger partial charge in [-0.15, -0.1) is 0 Å². The number of nitrogens with zero attached hydrogens (tertiary/aromatic N) is 2. The van der Waals surface area contributed by atoms with Gasteiger partial charge in [0.1, 0.15) is 0 Å². The van der Waals surface area contributed by atoms with Crippen molar-refractivity contribution in [1.29, 1.82) is 0 Å². The van der Waals surface area contributed by atoms with Gasteiger partial charge >= 0.3 is 0 Å². The van der Waals surface area contributed by atoms with Crippen molar-refractivity contribution in [2.24, 2.45) is 7.05 Å². The highest BCUT2D eigenvalue weighted by Crippen LogP contribution is 2.20. The summed E-state index contributed by atoms with van der Waals surface area (Å²) in [5, 5.41) is 7.43. The third-order valence-electron chi connectivity index (χ3n) is 2.40. The van der Waals surface area contributed by atoms with E-state index < -0.39 is 0 Å². The van der Waals surface area contributed by atoms with E-state index >= 15 is 0 Å². The van der Waals surface area contributed by atoms with Crippen LogP contribution in [0.2, 0.25) is 0 Å². The van der Waals surface area contributed by atoms with Gasteiger partial charge in [-0.2, -0.15) is 5.10 Å². The van der Waals surface area contributed by atoms with E-state index in [9.17, 15) is 0 Å². The number of nitrogens with two attached hydrogens (primary N) is 1. The highest BCUT2D eigenvalue weighted by molar-refractivity contribution is 5.64. The highest BCUT2D eigenvalue weighted by Gasteiger charge is 2.03. The minimum atomic E-state index is 0.751. The zero-order valence-electron chi connectivity index (χ0n) is 8.86. The van der Waals surface area contributed by atoms with Crippen molar-refractivity contribution in [1.82, 2.24) is 9.78 Å². The third-order valence-corrected chi connectivity index (χ3v) is 2.40. The van der Waals surface area contributed by atoms with Crippen LogP contribution in [0.4, 0.5) is 17.1 Å². The lowest BCUT2D eigenvalue weighted by Crippen LogP contribution is -1.95. The molecule has 2 rings (SSSR count). The summed E-state index contributed by atoms with van der Waals surface area (Å²) in [6, 6.07) is 7.65. The summed E-state index contributed by atoms with van der Waals surface area (Å²) in [6.45, 7) is 2.02. The average Bonchev–Trinajstić information content (AvgIpc) is 2.50. The van der Waals surface area contributed by atoms with Crippen molar-refractivity contribution in [3.05, 3.63) is 36.2 Å². The fourth-order valence-corrected chi connectivity index (χ4v) is 1.39. The van der Waals surface area contributed by atoms with Crippen molar-refractivity contribution in [3.8, 4) is 0 Å². The van der Waals surface area contributed by atoms with Crippen molar-refractivity contribution in [2.75, 3.05) is 11.1 Å². The first-order valence-electron chi connectivity index (χ1n) is 4.78. The summed E-state index contributed by atoms with van der Waals surface area (Å²) in [4.78, 5) is 0. The van der Waals surface area contributed by atoms with E-state index in [0.29, 0.717) is 0 Å². The Morgan fingerprint density at radius 2 is 2.20 bits per heavy atom. The van der Waals surface area contributed by atoms with Crippen LogP contribution in [0.3, 0.4) is 0 Å². The summed E-state index contributed by atoms with van der Waals surface area (Å²) >= 11 is 0. The summed E-state index contributed by atoms with van der Waals surface area (Å²) in [6.07, 6.45) is 1.80. The maximum atomic E-state index is 5.69. The van der Waals surface area contributed by atoms with Gasteiger partial charge in [-0.05, 0) is 25.1 Å². The fraction of sp³-hybridized carbons (Fsp3) is 0.182. The Kier molecular flexibility index (Phi) is 2.33. The standard InChI is InChI=1S/C11H14N4/c1-8-11(7-13-15(8)2)14-10-5-3-4-9(12)6-10/h3-7,14H,12H2,1-2H3. The Hall–Kier alpha value is -1.97. The van der Waals surface area contributed by atoms with Crippen LogP contribution in [0.15, 0.2) is 30.5 Å². The van der Waals surface area contributed by atoms with Gasteiger partial charge in [0.05, 0.1) is 17.6 Å². The minimum absolute atomic E-state index is 0.751. The molecule has 3 N–H and O–H groups in total. The lowest BCUT2D eigenvalue weighted by molar-refractivity contribution is 0.740. The second-order valence-electron chi connectivity index (χ2n) is 3.52. The zero-order valence-corrected chi connectivity index (χ0v) is 8.86. The van der Waals surface area contributed by atoms with Crippen LogP contribution < -0.4 is 11.1 Å². The quantitative estimate of drug-likeness (QED) is 0.733. The molecule has 0 amide bonds. The topological polar surface area (TPSA) is 55.9 Å². The zero-order chi connectivity index (χ0) is 10.8. The van der Waals surface area contributed by atoms with E-state index in [4.69, 9.17) is 5.73 Å². The molecule has 0 bridgehead atoms. The first-order chi connectivity index (χ1) is 7.16. The molecule has 0 aliphatic rings. The largest absolute Gasteiger partial charge is 0.399 e. The highest BCUT2D eigenvalue weighted by atomic mass is 15.3. The van der Waals surface area contributed by atoms with Crippen molar-refractivity contribution < 1.29 is 0 Å². The van der Waals surface area contributed by atoms with Gasteiger partial charge in [-0.25, -0.2) is 0 Å². The molecular weight excluding hydrogens is 188 g/mol. The van der Waals surface area contributed by atoms with Crippen molar-refractivity contribution in [3.63, 3.8) is 0 Å². The Morgan fingerprint density at radius 1 is 1.40 bits per heavy atom. The van der Waals surface area contributed by atoms with Gasteiger partial charge in [-0.1, -0.05) is 6.07 Å². The molecule has 0 aliphatic heterocycles. The van der Waals surface area contributed by atoms with Gasteiger partial charge in [0.15, 0.2) is 0 Å². The molecule has 15 heavy (non-hydrogen) atoms. The van der Waals surface area contributed by atoms with E-state index in [1.807, 2.05) is 42.9 Å². The molecule has 0 unspecified atom stereocenters. The second kappa shape index (κ2) is 3.65. The van der Waals surface area contributed by atoms with Gasteiger partial charge in [0.2, 0.25) is 0 Å². The van der Waals surface area contributed by atoms with Gasteiger partial charge in [0, 0.05) is 18.4 Å². The lowest BCUT2D eigenvalue weighted by Gasteiger charge is -2.05. The van der Waals surface area contributed by atoms with Crippen LogP contribution in [-0.2, 0) is 7.05 Å². The maximum absolute atomic E-state index is 5.69. The molecule has 78 valence electrons. The predicted molar refractivity (Wildman–Crippen MR) is 62.1 cm³/mol. The molecule has 1 aromatic carbocycles. The fourth-order valence-electron chi connectivity index (χ4n) is 1.39. The predicted octanol–water partition coefficient (Wildman–Crippen LogP) is 2.05. The molecule has 0 saturated carbocycles. The third kappa shape index (κ3) is 1.93. The SMILES string of the molecule is Cc1c(Nc2cccc(N)c2)cnn1C. The number of rotatable bonds is 2. The molecule has 1 aromatic heterocycles. The van der Waals surface area contributed by atoms with Crippen molar-refractivity contribution in [2.45, 2.75) is 6.92 Å². The van der Waals surface area contributed by atoms with Gasteiger partial charge in [-0.3, -0.25) is 4.68 Å². The van der Waals surface area contributed by atoms with Crippen LogP contribution in [-0.4, -0.2) is 9.78 Å². The molecule has 4 heteroatoms. The van der Waals surface area contributed by atoms with E-state index in [0.717, 1.165) is 22.8 Å². The molecule has 2 aromatic rings. The summed E-state index contributed by atoms with van der Waals surface area (Å²) in [5.74, 6) is 0. The Labute approximate surface area is 88.7 Å². The Balaban J connectivity index is 2.26. The van der Waals surface area contributed by atoms with Crippen LogP contribution in [0.5, 0.6) is 0 Å². The van der Waals surface area contributed by atoms with E-state index in [1.165, 1.54) is 0 Å². The lowest BCUT2D eigenvalue weighted by atomic mass is 10.2. The number of benzene rings is 1. The molecular formula is C11H14N4. The van der Waals surface area contributed by atoms with Crippen LogP contribution in [0.1, 0.15) is 5.69 Å². The second-order valence-corrected chi connectivity index (χ2v) is 3.52. The molecule has 0 saturated heterocycles. The van der Waals surface area contributed by atoms with Crippen LogP contribution in [0.25, 0.3) is 0 Å². The minimum Gasteiger partial charge on any atom is -0.399 e. The van der Waals surface area contributed by atoms with Gasteiger partial charge < -0.3 is 11.1 Å². The summed E-state index contributed by atoms with van der Waals surface area (Å²) < 4.78 is 1.83. The van der Waals surface area contributed by atoms with Crippen LogP contribution >= 0.6 is 0 Å². The number of nitrogens with one attached hydrogen (secondary N) is 1.